The maximum atomic E-state index is 9.76. The number of nitrogens with two attached hydrogens (primary N) is 1. The molecule has 12 heavy (non-hydrogen) atoms. The molecule has 74 valence electrons. The van der Waals surface area contributed by atoms with Gasteiger partial charge < -0.3 is 25.5 Å². The molecule has 0 amide bonds. The van der Waals surface area contributed by atoms with E-state index in [-0.39, 0.29) is 5.75 Å². The number of carboxylic acids is 1. The normalized spacial score (nSPS) is 12.8. The summed E-state index contributed by atoms with van der Waals surface area (Å²) in [6.07, 6.45) is 0. The van der Waals surface area contributed by atoms with E-state index in [1.165, 1.54) is 0 Å². The fraction of sp³-hybridized carbons (Fsp3) is 0.667. The highest BCUT2D eigenvalue weighted by Crippen LogP contribution is 2.26. The molecule has 0 heterocycles. The molecular formula is C3H10NO5PS2. The maximum Gasteiger partial charge on any atom is 0.321 e. The van der Waals surface area contributed by atoms with Crippen LogP contribution in [0.25, 0.3) is 0 Å². The van der Waals surface area contributed by atoms with Gasteiger partial charge in [0.25, 0.3) is 0 Å². The summed E-state index contributed by atoms with van der Waals surface area (Å²) in [7, 11) is 0. The summed E-state index contributed by atoms with van der Waals surface area (Å²) >= 11 is 7.25. The molecule has 0 aromatic carbocycles. The number of hydrogen-bond acceptors (Lipinski definition) is 4. The zero-order valence-electron chi connectivity index (χ0n) is 5.86. The Labute approximate surface area is 79.7 Å². The van der Waals surface area contributed by atoms with Crippen molar-refractivity contribution in [2.45, 2.75) is 6.04 Å². The van der Waals surface area contributed by atoms with Crippen molar-refractivity contribution in [2.24, 2.45) is 5.73 Å². The third kappa shape index (κ3) is 22.4. The quantitative estimate of drug-likeness (QED) is 0.254. The number of rotatable bonds is 2. The fourth-order valence-corrected chi connectivity index (χ4v) is 0.234. The number of carboxylic acid groups (broad SMARTS) is 1. The second-order valence-electron chi connectivity index (χ2n) is 1.64. The van der Waals surface area contributed by atoms with Gasteiger partial charge in [0.2, 0.25) is 0 Å². The van der Waals surface area contributed by atoms with Gasteiger partial charge in [-0.2, -0.15) is 12.6 Å². The summed E-state index contributed by atoms with van der Waals surface area (Å²) in [5, 5.41) is 8.01. The summed E-state index contributed by atoms with van der Waals surface area (Å²) in [6.45, 7) is -3.81. The van der Waals surface area contributed by atoms with Gasteiger partial charge in [-0.05, 0) is 11.8 Å². The van der Waals surface area contributed by atoms with Gasteiger partial charge in [-0.3, -0.25) is 4.79 Å². The van der Waals surface area contributed by atoms with E-state index in [0.717, 1.165) is 0 Å². The van der Waals surface area contributed by atoms with Crippen LogP contribution < -0.4 is 5.73 Å². The summed E-state index contributed by atoms with van der Waals surface area (Å²) in [4.78, 5) is 32.4. The molecule has 0 bridgehead atoms. The predicted molar refractivity (Wildman–Crippen MR) is 50.4 cm³/mol. The molecule has 0 spiro atoms. The van der Waals surface area contributed by atoms with Gasteiger partial charge in [0.1, 0.15) is 6.04 Å². The highest BCUT2D eigenvalue weighted by Gasteiger charge is 2.06. The first-order valence-corrected chi connectivity index (χ1v) is 5.85. The van der Waals surface area contributed by atoms with Gasteiger partial charge in [0, 0.05) is 5.75 Å². The number of thiol groups is 1. The van der Waals surface area contributed by atoms with Gasteiger partial charge in [0.15, 0.2) is 0 Å². The van der Waals surface area contributed by atoms with E-state index in [2.05, 4.69) is 24.4 Å². The van der Waals surface area contributed by atoms with Crippen LogP contribution in [0.15, 0.2) is 0 Å². The summed E-state index contributed by atoms with van der Waals surface area (Å²) in [5.41, 5.74) is 4.94. The van der Waals surface area contributed by atoms with Crippen molar-refractivity contribution in [3.63, 3.8) is 0 Å². The van der Waals surface area contributed by atoms with Crippen LogP contribution in [0.5, 0.6) is 0 Å². The number of aliphatic carboxylic acids is 1. The van der Waals surface area contributed by atoms with E-state index in [1.807, 2.05) is 0 Å². The predicted octanol–water partition coefficient (Wildman–Crippen LogP) is -1.48. The fourth-order valence-electron chi connectivity index (χ4n) is 0.0781. The van der Waals surface area contributed by atoms with E-state index in [9.17, 15) is 4.79 Å². The smallest absolute Gasteiger partial charge is 0.321 e. The third-order valence-corrected chi connectivity index (χ3v) is 0.907. The Hall–Kier alpha value is 0.310. The molecule has 0 aliphatic heterocycles. The van der Waals surface area contributed by atoms with E-state index in [4.69, 9.17) is 25.5 Å². The van der Waals surface area contributed by atoms with Crippen LogP contribution in [-0.2, 0) is 16.6 Å². The Morgan fingerprint density at radius 3 is 1.83 bits per heavy atom. The minimum absolute atomic E-state index is 0.190. The summed E-state index contributed by atoms with van der Waals surface area (Å²) < 4.78 is 0. The van der Waals surface area contributed by atoms with Crippen molar-refractivity contribution >= 4 is 37.1 Å². The van der Waals surface area contributed by atoms with Crippen LogP contribution in [0.4, 0.5) is 0 Å². The number of carbonyl (C=O) groups is 1. The molecule has 0 saturated carbocycles. The Kier molecular flexibility index (Phi) is 8.38. The van der Waals surface area contributed by atoms with Gasteiger partial charge in [-0.15, -0.1) is 0 Å². The third-order valence-electron chi connectivity index (χ3n) is 0.514. The lowest BCUT2D eigenvalue weighted by Gasteiger charge is -1.96. The average molecular weight is 235 g/mol. The molecule has 6 N–H and O–H groups in total. The molecule has 0 saturated heterocycles. The second kappa shape index (κ2) is 6.79. The lowest BCUT2D eigenvalue weighted by atomic mass is 10.4. The van der Waals surface area contributed by atoms with Crippen LogP contribution in [0.3, 0.4) is 0 Å². The molecule has 6 nitrogen and oxygen atoms in total. The highest BCUT2D eigenvalue weighted by atomic mass is 32.5. The second-order valence-corrected chi connectivity index (χ2v) is 4.50. The molecule has 0 aliphatic rings. The summed E-state index contributed by atoms with van der Waals surface area (Å²) in [6, 6.07) is -0.816. The summed E-state index contributed by atoms with van der Waals surface area (Å²) in [5.74, 6) is -0.815. The van der Waals surface area contributed by atoms with Crippen LogP contribution in [-0.4, -0.2) is 37.6 Å². The van der Waals surface area contributed by atoms with Gasteiger partial charge in [0.05, 0.1) is 0 Å². The Bertz CT molecular complexity index is 173. The first-order chi connectivity index (χ1) is 5.18. The molecule has 9 heteroatoms. The van der Waals surface area contributed by atoms with Crippen LogP contribution in [0.1, 0.15) is 0 Å². The van der Waals surface area contributed by atoms with Crippen molar-refractivity contribution in [2.75, 3.05) is 5.75 Å². The molecular weight excluding hydrogens is 225 g/mol. The molecule has 0 aromatic rings. The van der Waals surface area contributed by atoms with Crippen LogP contribution in [0.2, 0.25) is 0 Å². The SMILES string of the molecule is NC(CS)C(=O)O.OP(O)(O)=S. The van der Waals surface area contributed by atoms with E-state index in [1.54, 1.807) is 0 Å². The first kappa shape index (κ1) is 14.8. The Morgan fingerprint density at radius 2 is 1.83 bits per heavy atom. The highest BCUT2D eigenvalue weighted by molar-refractivity contribution is 8.06. The van der Waals surface area contributed by atoms with Crippen molar-refractivity contribution in [3.05, 3.63) is 0 Å². The van der Waals surface area contributed by atoms with E-state index < -0.39 is 18.7 Å². The molecule has 1 unspecified atom stereocenters. The molecule has 0 aliphatic carbocycles. The Morgan fingerprint density at radius 1 is 1.58 bits per heavy atom. The van der Waals surface area contributed by atoms with Crippen LogP contribution in [0, 0.1) is 0 Å². The van der Waals surface area contributed by atoms with Gasteiger partial charge in [-0.1, -0.05) is 0 Å². The minimum Gasteiger partial charge on any atom is -0.480 e. The largest absolute Gasteiger partial charge is 0.480 e. The molecule has 1 atom stereocenters. The molecule has 0 rings (SSSR count). The maximum absolute atomic E-state index is 9.76. The topological polar surface area (TPSA) is 124 Å². The lowest BCUT2D eigenvalue weighted by molar-refractivity contribution is -0.137. The van der Waals surface area contributed by atoms with Gasteiger partial charge >= 0.3 is 12.7 Å². The van der Waals surface area contributed by atoms with E-state index >= 15 is 0 Å². The van der Waals surface area contributed by atoms with Crippen molar-refractivity contribution in [1.82, 2.24) is 0 Å². The standard InChI is InChI=1S/C3H7NO2S.H3O3PS/c4-2(1-7)3(5)6;1-4(2,3)5/h2,7H,1,4H2,(H,5,6);(H3,1,2,3,5). The zero-order valence-corrected chi connectivity index (χ0v) is 8.47. The van der Waals surface area contributed by atoms with Gasteiger partial charge in [-0.25, -0.2) is 0 Å². The minimum atomic E-state index is -3.81. The van der Waals surface area contributed by atoms with Crippen molar-refractivity contribution in [1.29, 1.82) is 0 Å². The molecule has 0 radical (unpaired) electrons. The molecule has 0 fully saturated rings. The van der Waals surface area contributed by atoms with Crippen molar-refractivity contribution in [3.8, 4) is 0 Å². The Balaban J connectivity index is 0. The average Bonchev–Trinajstić information content (AvgIpc) is 1.82. The molecule has 0 aromatic heterocycles. The monoisotopic (exact) mass is 235 g/mol. The number of hydrogen-bond donors (Lipinski definition) is 6. The van der Waals surface area contributed by atoms with Crippen LogP contribution >= 0.6 is 19.3 Å². The van der Waals surface area contributed by atoms with Crippen molar-refractivity contribution < 1.29 is 24.6 Å². The van der Waals surface area contributed by atoms with E-state index in [0.29, 0.717) is 0 Å². The zero-order chi connectivity index (χ0) is 10.4. The lowest BCUT2D eigenvalue weighted by Crippen LogP contribution is -2.31. The first-order valence-electron chi connectivity index (χ1n) is 2.56.